The van der Waals surface area contributed by atoms with Crippen LogP contribution in [0.25, 0.3) is 5.69 Å². The van der Waals surface area contributed by atoms with Crippen LogP contribution in [0.1, 0.15) is 73.1 Å². The number of aromatic nitrogens is 2. The zero-order valence-electron chi connectivity index (χ0n) is 20.5. The summed E-state index contributed by atoms with van der Waals surface area (Å²) in [7, 11) is 0. The SMILES string of the molecule is Cc1ccccc1-n1nc(C(C)(C)C)cc1NC(=O)CN(C(=O)CC(C)(C)C)C(C)C. The molecule has 0 radical (unpaired) electrons. The topological polar surface area (TPSA) is 67.2 Å². The van der Waals surface area contributed by atoms with Gasteiger partial charge in [0.05, 0.1) is 11.4 Å². The van der Waals surface area contributed by atoms with Gasteiger partial charge in [-0.3, -0.25) is 9.59 Å². The molecule has 0 spiro atoms. The van der Waals surface area contributed by atoms with Crippen LogP contribution >= 0.6 is 0 Å². The average molecular weight is 427 g/mol. The lowest BCUT2D eigenvalue weighted by atomic mass is 9.91. The van der Waals surface area contributed by atoms with Crippen LogP contribution in [0.15, 0.2) is 30.3 Å². The molecule has 31 heavy (non-hydrogen) atoms. The number of benzene rings is 1. The first-order valence-corrected chi connectivity index (χ1v) is 10.9. The maximum absolute atomic E-state index is 13.0. The third kappa shape index (κ3) is 6.68. The fourth-order valence-electron chi connectivity index (χ4n) is 3.27. The number of nitrogens with zero attached hydrogens (tertiary/aromatic N) is 3. The summed E-state index contributed by atoms with van der Waals surface area (Å²) in [6.45, 7) is 18.3. The number of amides is 2. The molecular formula is C25H38N4O2. The second kappa shape index (κ2) is 9.25. The van der Waals surface area contributed by atoms with Gasteiger partial charge < -0.3 is 10.2 Å². The number of para-hydroxylation sites is 1. The van der Waals surface area contributed by atoms with Crippen molar-refractivity contribution < 1.29 is 9.59 Å². The van der Waals surface area contributed by atoms with E-state index in [1.54, 1.807) is 9.58 Å². The quantitative estimate of drug-likeness (QED) is 0.699. The predicted octanol–water partition coefficient (Wildman–Crippen LogP) is 5.09. The van der Waals surface area contributed by atoms with Crippen LogP contribution in [0.4, 0.5) is 5.82 Å². The monoisotopic (exact) mass is 426 g/mol. The van der Waals surface area contributed by atoms with Crippen LogP contribution < -0.4 is 5.32 Å². The van der Waals surface area contributed by atoms with Gasteiger partial charge in [0.2, 0.25) is 11.8 Å². The molecule has 2 amide bonds. The van der Waals surface area contributed by atoms with Crippen molar-refractivity contribution in [2.24, 2.45) is 5.41 Å². The molecule has 0 aliphatic carbocycles. The molecular weight excluding hydrogens is 388 g/mol. The van der Waals surface area contributed by atoms with E-state index in [1.807, 2.05) is 71.9 Å². The lowest BCUT2D eigenvalue weighted by molar-refractivity contribution is -0.138. The summed E-state index contributed by atoms with van der Waals surface area (Å²) >= 11 is 0. The first-order chi connectivity index (χ1) is 14.2. The first-order valence-electron chi connectivity index (χ1n) is 10.9. The van der Waals surface area contributed by atoms with Crippen molar-refractivity contribution in [1.29, 1.82) is 0 Å². The van der Waals surface area contributed by atoms with E-state index in [0.717, 1.165) is 16.9 Å². The molecule has 0 aliphatic heterocycles. The summed E-state index contributed by atoms with van der Waals surface area (Å²) in [4.78, 5) is 27.4. The van der Waals surface area contributed by atoms with Crippen molar-refractivity contribution in [3.63, 3.8) is 0 Å². The second-order valence-corrected chi connectivity index (χ2v) is 10.8. The Balaban J connectivity index is 2.32. The Bertz CT molecular complexity index is 930. The highest BCUT2D eigenvalue weighted by molar-refractivity contribution is 5.94. The minimum absolute atomic E-state index is 0.0103. The largest absolute Gasteiger partial charge is 0.331 e. The third-order valence-corrected chi connectivity index (χ3v) is 5.03. The lowest BCUT2D eigenvalue weighted by Gasteiger charge is -2.29. The standard InChI is InChI=1S/C25H38N4O2/c1-17(2)28(23(31)15-24(4,5)6)16-22(30)26-21-14-20(25(7,8)9)27-29(21)19-13-11-10-12-18(19)3/h10-14,17H,15-16H2,1-9H3,(H,26,30). The van der Waals surface area contributed by atoms with Gasteiger partial charge in [0.1, 0.15) is 12.4 Å². The van der Waals surface area contributed by atoms with E-state index in [2.05, 4.69) is 26.1 Å². The van der Waals surface area contributed by atoms with Crippen molar-refractivity contribution in [3.05, 3.63) is 41.6 Å². The van der Waals surface area contributed by atoms with E-state index in [4.69, 9.17) is 5.10 Å². The van der Waals surface area contributed by atoms with E-state index in [9.17, 15) is 9.59 Å². The van der Waals surface area contributed by atoms with E-state index in [0.29, 0.717) is 12.2 Å². The Kier molecular flexibility index (Phi) is 7.35. The fourth-order valence-corrected chi connectivity index (χ4v) is 3.27. The summed E-state index contributed by atoms with van der Waals surface area (Å²) in [6, 6.07) is 9.79. The van der Waals surface area contributed by atoms with Gasteiger partial charge in [-0.2, -0.15) is 5.10 Å². The van der Waals surface area contributed by atoms with Gasteiger partial charge in [-0.05, 0) is 37.8 Å². The minimum atomic E-state index is -0.230. The van der Waals surface area contributed by atoms with Crippen LogP contribution in [0.2, 0.25) is 0 Å². The van der Waals surface area contributed by atoms with Gasteiger partial charge in [0.25, 0.3) is 0 Å². The van der Waals surface area contributed by atoms with Crippen molar-refractivity contribution >= 4 is 17.6 Å². The van der Waals surface area contributed by atoms with Gasteiger partial charge in [-0.25, -0.2) is 4.68 Å². The second-order valence-electron chi connectivity index (χ2n) is 10.8. The Morgan fingerprint density at radius 1 is 1.10 bits per heavy atom. The van der Waals surface area contributed by atoms with Crippen molar-refractivity contribution in [2.45, 2.75) is 80.2 Å². The summed E-state index contributed by atoms with van der Waals surface area (Å²) in [6.07, 6.45) is 0.397. The number of anilines is 1. The Labute approximate surface area is 187 Å². The van der Waals surface area contributed by atoms with E-state index < -0.39 is 0 Å². The predicted molar refractivity (Wildman–Crippen MR) is 127 cm³/mol. The number of hydrogen-bond acceptors (Lipinski definition) is 3. The highest BCUT2D eigenvalue weighted by Crippen LogP contribution is 2.27. The molecule has 0 fully saturated rings. The molecule has 0 unspecified atom stereocenters. The summed E-state index contributed by atoms with van der Waals surface area (Å²) in [5.74, 6) is 0.364. The molecule has 1 heterocycles. The number of carbonyl (C=O) groups excluding carboxylic acids is 2. The number of aryl methyl sites for hydroxylation is 1. The fraction of sp³-hybridized carbons (Fsp3) is 0.560. The highest BCUT2D eigenvalue weighted by atomic mass is 16.2. The summed E-state index contributed by atoms with van der Waals surface area (Å²) in [5.41, 5.74) is 2.56. The van der Waals surface area contributed by atoms with Crippen molar-refractivity contribution in [3.8, 4) is 5.69 Å². The maximum Gasteiger partial charge on any atom is 0.245 e. The Morgan fingerprint density at radius 2 is 1.71 bits per heavy atom. The van der Waals surface area contributed by atoms with Gasteiger partial charge in [0, 0.05) is 23.9 Å². The Hall–Kier alpha value is -2.63. The molecule has 6 heteroatoms. The molecule has 1 aromatic heterocycles. The van der Waals surface area contributed by atoms with Gasteiger partial charge in [-0.15, -0.1) is 0 Å². The minimum Gasteiger partial charge on any atom is -0.331 e. The zero-order chi connectivity index (χ0) is 23.6. The molecule has 0 saturated heterocycles. The number of hydrogen-bond donors (Lipinski definition) is 1. The van der Waals surface area contributed by atoms with E-state index >= 15 is 0 Å². The molecule has 1 N–H and O–H groups in total. The van der Waals surface area contributed by atoms with Gasteiger partial charge in [-0.1, -0.05) is 59.7 Å². The maximum atomic E-state index is 13.0. The van der Waals surface area contributed by atoms with Crippen LogP contribution in [0.3, 0.4) is 0 Å². The number of carbonyl (C=O) groups is 2. The molecule has 0 saturated carbocycles. The zero-order valence-corrected chi connectivity index (χ0v) is 20.5. The Morgan fingerprint density at radius 3 is 2.23 bits per heavy atom. The normalized spacial score (nSPS) is 12.2. The van der Waals surface area contributed by atoms with Crippen molar-refractivity contribution in [1.82, 2.24) is 14.7 Å². The average Bonchev–Trinajstić information content (AvgIpc) is 3.02. The first kappa shape index (κ1) is 24.6. The molecule has 0 bridgehead atoms. The van der Waals surface area contributed by atoms with Crippen LogP contribution in [-0.4, -0.2) is 39.1 Å². The molecule has 6 nitrogen and oxygen atoms in total. The molecule has 170 valence electrons. The van der Waals surface area contributed by atoms with E-state index in [-0.39, 0.29) is 35.2 Å². The smallest absolute Gasteiger partial charge is 0.245 e. The van der Waals surface area contributed by atoms with Gasteiger partial charge >= 0.3 is 0 Å². The lowest BCUT2D eigenvalue weighted by Crippen LogP contribution is -2.43. The van der Waals surface area contributed by atoms with Gasteiger partial charge in [0.15, 0.2) is 0 Å². The van der Waals surface area contributed by atoms with E-state index in [1.165, 1.54) is 0 Å². The highest BCUT2D eigenvalue weighted by Gasteiger charge is 2.26. The van der Waals surface area contributed by atoms with Crippen LogP contribution in [0, 0.1) is 12.3 Å². The van der Waals surface area contributed by atoms with Crippen LogP contribution in [-0.2, 0) is 15.0 Å². The number of rotatable bonds is 6. The molecule has 2 rings (SSSR count). The van der Waals surface area contributed by atoms with Crippen LogP contribution in [0.5, 0.6) is 0 Å². The number of nitrogens with one attached hydrogen (secondary N) is 1. The molecule has 0 atom stereocenters. The molecule has 2 aromatic rings. The third-order valence-electron chi connectivity index (χ3n) is 5.03. The summed E-state index contributed by atoms with van der Waals surface area (Å²) < 4.78 is 1.78. The van der Waals surface area contributed by atoms with Crippen molar-refractivity contribution in [2.75, 3.05) is 11.9 Å². The molecule has 1 aromatic carbocycles. The summed E-state index contributed by atoms with van der Waals surface area (Å²) in [5, 5.41) is 7.78. The molecule has 0 aliphatic rings.